The van der Waals surface area contributed by atoms with Crippen LogP contribution < -0.4 is 10.2 Å². The van der Waals surface area contributed by atoms with Gasteiger partial charge in [0.15, 0.2) is 0 Å². The highest BCUT2D eigenvalue weighted by molar-refractivity contribution is 6.31. The maximum absolute atomic E-state index is 13.0. The van der Waals surface area contributed by atoms with Crippen LogP contribution in [-0.4, -0.2) is 34.9 Å². The first-order chi connectivity index (χ1) is 15.0. The summed E-state index contributed by atoms with van der Waals surface area (Å²) in [4.78, 5) is 34.8. The van der Waals surface area contributed by atoms with Gasteiger partial charge in [0.1, 0.15) is 11.7 Å². The molecule has 0 fully saturated rings. The third kappa shape index (κ3) is 3.45. The minimum absolute atomic E-state index is 0.166. The molecule has 6 nitrogen and oxygen atoms in total. The van der Waals surface area contributed by atoms with E-state index in [9.17, 15) is 9.59 Å². The lowest BCUT2D eigenvalue weighted by Crippen LogP contribution is -2.45. The number of pyridine rings is 1. The third-order valence-corrected chi connectivity index (χ3v) is 5.89. The SMILES string of the molecule is CN1C(=O)C(Cc2ccc(-c3c[nH]c4ncccc34)cc2)NC(=O)c2cc(Cl)ccc21. The summed E-state index contributed by atoms with van der Waals surface area (Å²) in [6.07, 6.45) is 4.10. The van der Waals surface area contributed by atoms with E-state index in [0.29, 0.717) is 22.7 Å². The van der Waals surface area contributed by atoms with Gasteiger partial charge in [0.25, 0.3) is 5.91 Å². The van der Waals surface area contributed by atoms with Crippen molar-refractivity contribution < 1.29 is 9.59 Å². The van der Waals surface area contributed by atoms with E-state index in [1.807, 2.05) is 42.6 Å². The van der Waals surface area contributed by atoms with Gasteiger partial charge in [-0.3, -0.25) is 9.59 Å². The number of rotatable bonds is 3. The topological polar surface area (TPSA) is 78.1 Å². The molecule has 4 aromatic rings. The van der Waals surface area contributed by atoms with Crippen LogP contribution in [0.15, 0.2) is 67.0 Å². The monoisotopic (exact) mass is 430 g/mol. The Morgan fingerprint density at radius 3 is 2.68 bits per heavy atom. The molecule has 0 saturated carbocycles. The normalized spacial score (nSPS) is 16.2. The molecular formula is C24H19ClN4O2. The van der Waals surface area contributed by atoms with Gasteiger partial charge in [0, 0.05) is 41.8 Å². The van der Waals surface area contributed by atoms with E-state index in [2.05, 4.69) is 15.3 Å². The average Bonchev–Trinajstić information content (AvgIpc) is 3.19. The number of carbonyl (C=O) groups excluding carboxylic acids is 2. The van der Waals surface area contributed by atoms with Gasteiger partial charge in [-0.2, -0.15) is 0 Å². The highest BCUT2D eigenvalue weighted by Gasteiger charge is 2.32. The fourth-order valence-corrected chi connectivity index (χ4v) is 4.19. The summed E-state index contributed by atoms with van der Waals surface area (Å²) in [5.74, 6) is -0.468. The maximum Gasteiger partial charge on any atom is 0.254 e. The van der Waals surface area contributed by atoms with Crippen molar-refractivity contribution in [1.29, 1.82) is 0 Å². The molecule has 2 N–H and O–H groups in total. The standard InChI is InChI=1S/C24H19ClN4O2/c1-29-21-9-8-16(25)12-18(21)23(30)28-20(24(29)31)11-14-4-6-15(7-5-14)19-13-27-22-17(19)3-2-10-26-22/h2-10,12-13,20H,11H2,1H3,(H,26,27)(H,28,30). The van der Waals surface area contributed by atoms with Crippen LogP contribution in [0.2, 0.25) is 5.02 Å². The lowest BCUT2D eigenvalue weighted by atomic mass is 10.00. The molecule has 2 aromatic carbocycles. The molecule has 5 rings (SSSR count). The Morgan fingerprint density at radius 2 is 1.87 bits per heavy atom. The van der Waals surface area contributed by atoms with Crippen LogP contribution in [0.4, 0.5) is 5.69 Å². The van der Waals surface area contributed by atoms with Crippen molar-refractivity contribution >= 4 is 40.1 Å². The van der Waals surface area contributed by atoms with Crippen molar-refractivity contribution in [3.63, 3.8) is 0 Å². The first kappa shape index (κ1) is 19.3. The highest BCUT2D eigenvalue weighted by Crippen LogP contribution is 2.29. The fraction of sp³-hybridized carbons (Fsp3) is 0.125. The zero-order valence-corrected chi connectivity index (χ0v) is 17.5. The molecule has 2 amide bonds. The van der Waals surface area contributed by atoms with E-state index in [0.717, 1.165) is 27.7 Å². The Bertz CT molecular complexity index is 1310. The second-order valence-electron chi connectivity index (χ2n) is 7.59. The number of halogens is 1. The first-order valence-electron chi connectivity index (χ1n) is 9.90. The van der Waals surface area contributed by atoms with Crippen LogP contribution in [0.25, 0.3) is 22.2 Å². The van der Waals surface area contributed by atoms with Crippen molar-refractivity contribution in [2.75, 3.05) is 11.9 Å². The molecule has 0 radical (unpaired) electrons. The van der Waals surface area contributed by atoms with Gasteiger partial charge in [0.05, 0.1) is 11.3 Å². The third-order valence-electron chi connectivity index (χ3n) is 5.65. The summed E-state index contributed by atoms with van der Waals surface area (Å²) in [5, 5.41) is 4.37. The number of likely N-dealkylation sites (N-methyl/N-ethyl adjacent to an activating group) is 1. The van der Waals surface area contributed by atoms with Crippen LogP contribution in [0.3, 0.4) is 0 Å². The predicted molar refractivity (Wildman–Crippen MR) is 121 cm³/mol. The van der Waals surface area contributed by atoms with E-state index >= 15 is 0 Å². The molecule has 2 aromatic heterocycles. The van der Waals surface area contributed by atoms with Gasteiger partial charge in [-0.05, 0) is 41.5 Å². The van der Waals surface area contributed by atoms with E-state index in [1.165, 1.54) is 4.90 Å². The summed E-state index contributed by atoms with van der Waals surface area (Å²) < 4.78 is 0. The molecule has 1 atom stereocenters. The zero-order valence-electron chi connectivity index (χ0n) is 16.7. The van der Waals surface area contributed by atoms with Gasteiger partial charge >= 0.3 is 0 Å². The van der Waals surface area contributed by atoms with E-state index in [4.69, 9.17) is 11.6 Å². The van der Waals surface area contributed by atoms with Crippen LogP contribution in [0.5, 0.6) is 0 Å². The quantitative estimate of drug-likeness (QED) is 0.511. The van der Waals surface area contributed by atoms with Crippen LogP contribution >= 0.6 is 11.6 Å². The Balaban J connectivity index is 1.40. The highest BCUT2D eigenvalue weighted by atomic mass is 35.5. The number of carbonyl (C=O) groups is 2. The summed E-state index contributed by atoms with van der Waals surface area (Å²) in [6, 6.07) is 16.3. The minimum atomic E-state index is -0.660. The number of nitrogens with one attached hydrogen (secondary N) is 2. The number of benzene rings is 2. The van der Waals surface area contributed by atoms with Crippen LogP contribution in [-0.2, 0) is 11.2 Å². The molecule has 0 aliphatic carbocycles. The van der Waals surface area contributed by atoms with Crippen molar-refractivity contribution in [2.45, 2.75) is 12.5 Å². The Morgan fingerprint density at radius 1 is 1.06 bits per heavy atom. The summed E-state index contributed by atoms with van der Waals surface area (Å²) in [6.45, 7) is 0. The number of hydrogen-bond donors (Lipinski definition) is 2. The second kappa shape index (κ2) is 7.56. The Labute approximate surface area is 183 Å². The van der Waals surface area contributed by atoms with Crippen molar-refractivity contribution in [3.05, 3.63) is 83.1 Å². The van der Waals surface area contributed by atoms with Gasteiger partial charge in [-0.25, -0.2) is 4.98 Å². The number of aromatic nitrogens is 2. The molecular weight excluding hydrogens is 412 g/mol. The fourth-order valence-electron chi connectivity index (χ4n) is 4.02. The zero-order chi connectivity index (χ0) is 21.5. The molecule has 0 bridgehead atoms. The minimum Gasteiger partial charge on any atom is -0.346 e. The molecule has 154 valence electrons. The summed E-state index contributed by atoms with van der Waals surface area (Å²) in [5.41, 5.74) is 4.87. The largest absolute Gasteiger partial charge is 0.346 e. The molecule has 1 unspecified atom stereocenters. The molecule has 7 heteroatoms. The number of amides is 2. The molecule has 3 heterocycles. The Hall–Kier alpha value is -3.64. The van der Waals surface area contributed by atoms with Crippen LogP contribution in [0, 0.1) is 0 Å². The molecule has 31 heavy (non-hydrogen) atoms. The van der Waals surface area contributed by atoms with Gasteiger partial charge in [0.2, 0.25) is 5.91 Å². The van der Waals surface area contributed by atoms with Crippen molar-refractivity contribution in [2.24, 2.45) is 0 Å². The number of nitrogens with zero attached hydrogens (tertiary/aromatic N) is 2. The number of fused-ring (bicyclic) bond motifs is 2. The summed E-state index contributed by atoms with van der Waals surface area (Å²) >= 11 is 6.05. The summed E-state index contributed by atoms with van der Waals surface area (Å²) in [7, 11) is 1.68. The molecule has 0 saturated heterocycles. The maximum atomic E-state index is 13.0. The number of anilines is 1. The van der Waals surface area contributed by atoms with Gasteiger partial charge in [-0.1, -0.05) is 35.9 Å². The first-order valence-corrected chi connectivity index (χ1v) is 10.3. The second-order valence-corrected chi connectivity index (χ2v) is 8.02. The van der Waals surface area contributed by atoms with Gasteiger partial charge < -0.3 is 15.2 Å². The number of hydrogen-bond acceptors (Lipinski definition) is 3. The molecule has 1 aliphatic heterocycles. The van der Waals surface area contributed by atoms with Crippen molar-refractivity contribution in [3.8, 4) is 11.1 Å². The average molecular weight is 431 g/mol. The molecule has 0 spiro atoms. The van der Waals surface area contributed by atoms with E-state index in [-0.39, 0.29) is 11.8 Å². The Kier molecular flexibility index (Phi) is 4.71. The van der Waals surface area contributed by atoms with E-state index < -0.39 is 6.04 Å². The predicted octanol–water partition coefficient (Wildman–Crippen LogP) is 4.20. The lowest BCUT2D eigenvalue weighted by molar-refractivity contribution is -0.120. The smallest absolute Gasteiger partial charge is 0.254 e. The lowest BCUT2D eigenvalue weighted by Gasteiger charge is -2.21. The van der Waals surface area contributed by atoms with Gasteiger partial charge in [-0.15, -0.1) is 0 Å². The van der Waals surface area contributed by atoms with Crippen molar-refractivity contribution in [1.82, 2.24) is 15.3 Å². The molecule has 1 aliphatic rings. The number of H-pyrrole nitrogens is 1. The number of aromatic amines is 1. The van der Waals surface area contributed by atoms with Crippen LogP contribution in [0.1, 0.15) is 15.9 Å². The van der Waals surface area contributed by atoms with E-state index in [1.54, 1.807) is 31.4 Å².